The first-order valence-electron chi connectivity index (χ1n) is 16.3. The van der Waals surface area contributed by atoms with Gasteiger partial charge in [0.1, 0.15) is 17.6 Å². The Labute approximate surface area is 308 Å². The van der Waals surface area contributed by atoms with Crippen molar-refractivity contribution in [2.24, 2.45) is 5.92 Å². The summed E-state index contributed by atoms with van der Waals surface area (Å²) >= 11 is 7.11. The van der Waals surface area contributed by atoms with Crippen LogP contribution in [0.5, 0.6) is 11.5 Å². The molecule has 0 radical (unpaired) electrons. The highest BCUT2D eigenvalue weighted by Gasteiger charge is 2.29. The van der Waals surface area contributed by atoms with Crippen molar-refractivity contribution in [1.82, 2.24) is 19.7 Å². The lowest BCUT2D eigenvalue weighted by atomic mass is 9.88. The molecular formula is C38H44ClN5O6S. The summed E-state index contributed by atoms with van der Waals surface area (Å²) in [4.78, 5) is 42.3. The third kappa shape index (κ3) is 12.2. The molecule has 0 aliphatic heterocycles. The van der Waals surface area contributed by atoms with Crippen LogP contribution in [0, 0.1) is 17.2 Å². The molecule has 0 unspecified atom stereocenters. The molecule has 2 atom stereocenters. The predicted molar refractivity (Wildman–Crippen MR) is 197 cm³/mol. The zero-order valence-electron chi connectivity index (χ0n) is 30.1. The van der Waals surface area contributed by atoms with Gasteiger partial charge in [-0.3, -0.25) is 9.59 Å². The number of thioether (sulfide) groups is 1. The van der Waals surface area contributed by atoms with Crippen LogP contribution in [0.2, 0.25) is 5.02 Å². The van der Waals surface area contributed by atoms with E-state index in [0.29, 0.717) is 39.7 Å². The summed E-state index contributed by atoms with van der Waals surface area (Å²) in [5, 5.41) is 14.9. The van der Waals surface area contributed by atoms with Gasteiger partial charge >= 0.3 is 18.0 Å². The summed E-state index contributed by atoms with van der Waals surface area (Å²) in [5.41, 5.74) is 1.08. The first-order chi connectivity index (χ1) is 24.1. The van der Waals surface area contributed by atoms with Crippen molar-refractivity contribution in [1.29, 1.82) is 5.26 Å². The minimum absolute atomic E-state index is 0.00855. The highest BCUT2D eigenvalue weighted by Crippen LogP contribution is 2.31. The number of ether oxygens (including phenoxy) is 3. The van der Waals surface area contributed by atoms with Crippen molar-refractivity contribution in [2.45, 2.75) is 64.1 Å². The molecule has 13 heteroatoms. The van der Waals surface area contributed by atoms with E-state index in [4.69, 9.17) is 25.8 Å². The predicted octanol–water partition coefficient (Wildman–Crippen LogP) is 8.44. The highest BCUT2D eigenvalue weighted by atomic mass is 35.5. The summed E-state index contributed by atoms with van der Waals surface area (Å²) in [7, 11) is 3.28. The van der Waals surface area contributed by atoms with Crippen LogP contribution in [-0.4, -0.2) is 64.1 Å². The van der Waals surface area contributed by atoms with Crippen molar-refractivity contribution in [3.8, 4) is 17.6 Å². The number of carbonyl (C=O) groups is 3. The van der Waals surface area contributed by atoms with E-state index in [0.717, 1.165) is 17.3 Å². The van der Waals surface area contributed by atoms with Gasteiger partial charge in [0.15, 0.2) is 11.0 Å². The summed E-state index contributed by atoms with van der Waals surface area (Å²) in [6.45, 7) is 11.9. The molecule has 0 fully saturated rings. The van der Waals surface area contributed by atoms with Crippen LogP contribution in [-0.2, 0) is 24.5 Å². The van der Waals surface area contributed by atoms with Crippen LogP contribution >= 0.6 is 23.4 Å². The molecule has 1 amide bonds. The van der Waals surface area contributed by atoms with E-state index >= 15 is 0 Å². The Balaban J connectivity index is 0.000000295. The van der Waals surface area contributed by atoms with Gasteiger partial charge in [0.25, 0.3) is 0 Å². The van der Waals surface area contributed by atoms with E-state index in [1.165, 1.54) is 9.58 Å². The van der Waals surface area contributed by atoms with Crippen LogP contribution in [0.3, 0.4) is 0 Å². The van der Waals surface area contributed by atoms with Crippen molar-refractivity contribution in [2.75, 3.05) is 26.5 Å². The number of nitriles is 1. The third-order valence-corrected chi connectivity index (χ3v) is 8.23. The maximum atomic E-state index is 13.0. The molecule has 0 N–H and O–H groups in total. The van der Waals surface area contributed by atoms with Gasteiger partial charge in [-0.15, -0.1) is 5.10 Å². The Hall–Kier alpha value is -4.86. The minimum atomic E-state index is -1.04. The Morgan fingerprint density at radius 3 is 2.18 bits per heavy atom. The fraction of sp³-hybridized carbons (Fsp3) is 0.368. The molecule has 0 saturated heterocycles. The maximum Gasteiger partial charge on any atom is 0.346 e. The van der Waals surface area contributed by atoms with Crippen LogP contribution in [0.15, 0.2) is 84.0 Å². The molecule has 0 spiro atoms. The SMILES string of the molecule is CC(C)[C@H](C(=O)O[C@H](C#N)c1cccc(Oc2ccccc2)c1)c1ccc(Cl)cc1.CCOC(=O)CSc1nc(C(C)(C)C)nn1C(=O)N(C)C. The Morgan fingerprint density at radius 2 is 1.61 bits per heavy atom. The van der Waals surface area contributed by atoms with Gasteiger partial charge in [0, 0.05) is 30.1 Å². The number of hydrogen-bond donors (Lipinski definition) is 0. The molecule has 3 aromatic carbocycles. The van der Waals surface area contributed by atoms with Crippen LogP contribution in [0.25, 0.3) is 0 Å². The van der Waals surface area contributed by atoms with E-state index in [1.54, 1.807) is 57.4 Å². The van der Waals surface area contributed by atoms with Gasteiger partial charge in [0.2, 0.25) is 6.10 Å². The molecule has 0 aliphatic carbocycles. The topological polar surface area (TPSA) is 137 Å². The molecule has 1 heterocycles. The van der Waals surface area contributed by atoms with Gasteiger partial charge in [-0.05, 0) is 54.8 Å². The summed E-state index contributed by atoms with van der Waals surface area (Å²) in [6, 6.07) is 25.2. The van der Waals surface area contributed by atoms with E-state index in [-0.39, 0.29) is 29.1 Å². The molecule has 0 bridgehead atoms. The number of hydrogen-bond acceptors (Lipinski definition) is 10. The molecule has 51 heavy (non-hydrogen) atoms. The molecule has 0 saturated carbocycles. The van der Waals surface area contributed by atoms with Crippen LogP contribution in [0.1, 0.15) is 70.5 Å². The van der Waals surface area contributed by atoms with Crippen LogP contribution < -0.4 is 4.74 Å². The quantitative estimate of drug-likeness (QED) is 0.109. The highest BCUT2D eigenvalue weighted by molar-refractivity contribution is 7.99. The lowest BCUT2D eigenvalue weighted by Crippen LogP contribution is -2.29. The lowest BCUT2D eigenvalue weighted by molar-refractivity contribution is -0.150. The second-order valence-electron chi connectivity index (χ2n) is 12.9. The Kier molecular flexibility index (Phi) is 15.1. The van der Waals surface area contributed by atoms with E-state index in [9.17, 15) is 19.6 Å². The second kappa shape index (κ2) is 18.9. The number of rotatable bonds is 11. The van der Waals surface area contributed by atoms with E-state index in [1.807, 2.05) is 77.1 Å². The van der Waals surface area contributed by atoms with Gasteiger partial charge in [-0.1, -0.05) is 100 Å². The van der Waals surface area contributed by atoms with Crippen molar-refractivity contribution in [3.05, 3.63) is 101 Å². The number of benzene rings is 3. The Morgan fingerprint density at radius 1 is 0.961 bits per heavy atom. The minimum Gasteiger partial charge on any atom is -0.465 e. The number of carbonyl (C=O) groups excluding carboxylic acids is 3. The maximum absolute atomic E-state index is 13.0. The summed E-state index contributed by atoms with van der Waals surface area (Å²) in [5.74, 6) is 0.601. The number of para-hydroxylation sites is 1. The molecule has 4 aromatic rings. The average Bonchev–Trinajstić information content (AvgIpc) is 3.53. The van der Waals surface area contributed by atoms with Crippen LogP contribution in [0.4, 0.5) is 4.79 Å². The average molecular weight is 734 g/mol. The first-order valence-corrected chi connectivity index (χ1v) is 17.7. The van der Waals surface area contributed by atoms with Crippen molar-refractivity contribution >= 4 is 41.3 Å². The number of nitrogens with zero attached hydrogens (tertiary/aromatic N) is 5. The number of esters is 2. The third-order valence-electron chi connectivity index (χ3n) is 7.08. The van der Waals surface area contributed by atoms with Gasteiger partial charge < -0.3 is 19.1 Å². The summed E-state index contributed by atoms with van der Waals surface area (Å²) in [6.07, 6.45) is -1.04. The number of aromatic nitrogens is 3. The zero-order valence-corrected chi connectivity index (χ0v) is 31.7. The first kappa shape index (κ1) is 40.6. The zero-order chi connectivity index (χ0) is 37.7. The smallest absolute Gasteiger partial charge is 0.346 e. The molecule has 270 valence electrons. The monoisotopic (exact) mass is 733 g/mol. The molecule has 0 aliphatic rings. The lowest BCUT2D eigenvalue weighted by Gasteiger charge is -2.22. The largest absolute Gasteiger partial charge is 0.465 e. The molecule has 4 rings (SSSR count). The fourth-order valence-corrected chi connectivity index (χ4v) is 5.38. The van der Waals surface area contributed by atoms with Gasteiger partial charge in [-0.25, -0.2) is 9.78 Å². The van der Waals surface area contributed by atoms with Crippen molar-refractivity contribution in [3.63, 3.8) is 0 Å². The second-order valence-corrected chi connectivity index (χ2v) is 14.2. The Bertz CT molecular complexity index is 1800. The molecule has 1 aromatic heterocycles. The van der Waals surface area contributed by atoms with Gasteiger partial charge in [-0.2, -0.15) is 9.94 Å². The van der Waals surface area contributed by atoms with E-state index < -0.39 is 18.0 Å². The molecular weight excluding hydrogens is 690 g/mol. The van der Waals surface area contributed by atoms with E-state index in [2.05, 4.69) is 16.2 Å². The molecule has 11 nitrogen and oxygen atoms in total. The summed E-state index contributed by atoms with van der Waals surface area (Å²) < 4.78 is 17.5. The standard InChI is InChI=1S/C25H22ClNO3.C13H22N4O3S/c1-17(2)24(18-11-13-20(26)14-12-18)25(28)30-23(16-27)19-7-6-10-22(15-19)29-21-8-4-3-5-9-21;1-7-20-9(18)8-21-11-14-10(13(2,3)4)15-17(11)12(19)16(5)6/h3-15,17,23-24H,1-2H3;7-8H2,1-6H3/t23-,24+;/m1./s1. The van der Waals surface area contributed by atoms with Gasteiger partial charge in [0.05, 0.1) is 18.3 Å². The number of halogens is 1. The van der Waals surface area contributed by atoms with Crippen molar-refractivity contribution < 1.29 is 28.6 Å². The number of amides is 1. The fourth-order valence-electron chi connectivity index (χ4n) is 4.54. The normalized spacial score (nSPS) is 12.1.